The first-order valence-electron chi connectivity index (χ1n) is 6.57. The van der Waals surface area contributed by atoms with Crippen LogP contribution >= 0.6 is 0 Å². The van der Waals surface area contributed by atoms with Gasteiger partial charge in [-0.1, -0.05) is 13.3 Å². The normalized spacial score (nSPS) is 13.1. The Kier molecular flexibility index (Phi) is 9.72. The lowest BCUT2D eigenvalue weighted by molar-refractivity contribution is -0.126. The zero-order valence-electron chi connectivity index (χ0n) is 12.3. The first-order chi connectivity index (χ1) is 9.53. The number of carbonyl (C=O) groups excluding carboxylic acids is 2. The third kappa shape index (κ3) is 8.96. The number of nitrogens with one attached hydrogen (secondary N) is 1. The summed E-state index contributed by atoms with van der Waals surface area (Å²) in [6.07, 6.45) is 5.27. The van der Waals surface area contributed by atoms with Crippen LogP contribution in [0.25, 0.3) is 0 Å². The maximum atomic E-state index is 10.8. The number of aliphatic imine (C=N–C) groups is 1. The predicted octanol–water partition coefficient (Wildman–Crippen LogP) is 0.572. The lowest BCUT2D eigenvalue weighted by Gasteiger charge is -2.18. The van der Waals surface area contributed by atoms with E-state index in [4.69, 9.17) is 10.5 Å². The van der Waals surface area contributed by atoms with Crippen molar-refractivity contribution in [2.75, 3.05) is 13.2 Å². The standard InChI is InChI=1S/C13H24N4O3/c1-4-6-12(8-20-11(3)15-5-2)16-9-17(10-18)7-13(14)19/h5,8,10-11,16H,4,6-7,9H2,1-3H3,(H2,14,19)/b12-8+,15-5+. The molecular formula is C13H24N4O3. The molecule has 0 bridgehead atoms. The minimum Gasteiger partial charge on any atom is -0.475 e. The molecule has 0 saturated carbocycles. The molecule has 0 aromatic rings. The number of ether oxygens (including phenoxy) is 1. The Balaban J connectivity index is 4.41. The van der Waals surface area contributed by atoms with Crippen molar-refractivity contribution in [3.63, 3.8) is 0 Å². The first kappa shape index (κ1) is 17.9. The van der Waals surface area contributed by atoms with Crippen LogP contribution in [0.1, 0.15) is 33.6 Å². The summed E-state index contributed by atoms with van der Waals surface area (Å²) in [6, 6.07) is 0. The van der Waals surface area contributed by atoms with Gasteiger partial charge in [-0.05, 0) is 26.5 Å². The molecule has 1 unspecified atom stereocenters. The number of hydrogen-bond acceptors (Lipinski definition) is 5. The first-order valence-corrected chi connectivity index (χ1v) is 6.57. The van der Waals surface area contributed by atoms with Crippen molar-refractivity contribution in [1.82, 2.24) is 10.2 Å². The fourth-order valence-corrected chi connectivity index (χ4v) is 1.42. The second kappa shape index (κ2) is 10.8. The summed E-state index contributed by atoms with van der Waals surface area (Å²) < 4.78 is 5.42. The number of primary amides is 1. The van der Waals surface area contributed by atoms with E-state index in [1.165, 1.54) is 4.90 Å². The van der Waals surface area contributed by atoms with E-state index in [-0.39, 0.29) is 19.4 Å². The molecular weight excluding hydrogens is 260 g/mol. The van der Waals surface area contributed by atoms with Gasteiger partial charge in [0, 0.05) is 5.70 Å². The SMILES string of the molecule is C/C=N/C(C)O/C=C(\CCC)NCN(C=O)CC(N)=O. The Morgan fingerprint density at radius 2 is 2.25 bits per heavy atom. The van der Waals surface area contributed by atoms with Crippen molar-refractivity contribution >= 4 is 18.5 Å². The second-order valence-corrected chi connectivity index (χ2v) is 4.19. The number of rotatable bonds is 11. The van der Waals surface area contributed by atoms with Crippen LogP contribution in [-0.4, -0.2) is 42.9 Å². The number of hydrogen-bond donors (Lipinski definition) is 2. The highest BCUT2D eigenvalue weighted by molar-refractivity contribution is 5.77. The van der Waals surface area contributed by atoms with Crippen LogP contribution in [0.3, 0.4) is 0 Å². The quantitative estimate of drug-likeness (QED) is 0.251. The molecule has 0 aliphatic heterocycles. The molecule has 1 atom stereocenters. The minimum atomic E-state index is -0.554. The van der Waals surface area contributed by atoms with Crippen molar-refractivity contribution < 1.29 is 14.3 Å². The van der Waals surface area contributed by atoms with Crippen molar-refractivity contribution in [3.05, 3.63) is 12.0 Å². The van der Waals surface area contributed by atoms with Crippen LogP contribution in [-0.2, 0) is 14.3 Å². The Morgan fingerprint density at radius 3 is 2.75 bits per heavy atom. The van der Waals surface area contributed by atoms with E-state index in [9.17, 15) is 9.59 Å². The molecule has 0 aromatic carbocycles. The summed E-state index contributed by atoms with van der Waals surface area (Å²) in [4.78, 5) is 26.8. The Labute approximate surface area is 119 Å². The van der Waals surface area contributed by atoms with Crippen LogP contribution in [0.15, 0.2) is 17.0 Å². The molecule has 7 nitrogen and oxygen atoms in total. The number of amides is 2. The molecule has 0 aliphatic carbocycles. The summed E-state index contributed by atoms with van der Waals surface area (Å²) in [5, 5.41) is 3.05. The van der Waals surface area contributed by atoms with Gasteiger partial charge in [0.1, 0.15) is 12.8 Å². The van der Waals surface area contributed by atoms with Gasteiger partial charge in [-0.2, -0.15) is 0 Å². The Bertz CT molecular complexity index is 356. The lowest BCUT2D eigenvalue weighted by atomic mass is 10.3. The smallest absolute Gasteiger partial charge is 0.237 e. The monoisotopic (exact) mass is 284 g/mol. The summed E-state index contributed by atoms with van der Waals surface area (Å²) in [6.45, 7) is 5.76. The van der Waals surface area contributed by atoms with E-state index in [0.29, 0.717) is 6.41 Å². The minimum absolute atomic E-state index is 0.118. The largest absolute Gasteiger partial charge is 0.475 e. The van der Waals surface area contributed by atoms with Gasteiger partial charge in [-0.15, -0.1) is 0 Å². The van der Waals surface area contributed by atoms with E-state index in [1.807, 2.05) is 20.8 Å². The lowest BCUT2D eigenvalue weighted by Crippen LogP contribution is -2.38. The van der Waals surface area contributed by atoms with Crippen molar-refractivity contribution in [2.24, 2.45) is 10.7 Å². The molecule has 0 heterocycles. The van der Waals surface area contributed by atoms with Crippen molar-refractivity contribution in [3.8, 4) is 0 Å². The fraction of sp³-hybridized carbons (Fsp3) is 0.615. The molecule has 0 fully saturated rings. The summed E-state index contributed by atoms with van der Waals surface area (Å²) in [5.41, 5.74) is 5.88. The predicted molar refractivity (Wildman–Crippen MR) is 77.7 cm³/mol. The molecule has 0 aromatic heterocycles. The zero-order valence-corrected chi connectivity index (χ0v) is 12.3. The molecule has 114 valence electrons. The number of nitrogens with zero attached hydrogens (tertiary/aromatic N) is 2. The average molecular weight is 284 g/mol. The second-order valence-electron chi connectivity index (χ2n) is 4.19. The van der Waals surface area contributed by atoms with Crippen molar-refractivity contribution in [1.29, 1.82) is 0 Å². The molecule has 20 heavy (non-hydrogen) atoms. The average Bonchev–Trinajstić information content (AvgIpc) is 2.40. The molecule has 0 saturated heterocycles. The molecule has 0 spiro atoms. The summed E-state index contributed by atoms with van der Waals surface area (Å²) in [7, 11) is 0. The third-order valence-electron chi connectivity index (χ3n) is 2.30. The maximum absolute atomic E-state index is 10.8. The van der Waals surface area contributed by atoms with Gasteiger partial charge in [0.2, 0.25) is 12.3 Å². The van der Waals surface area contributed by atoms with Crippen LogP contribution in [0.2, 0.25) is 0 Å². The molecule has 2 amide bonds. The van der Waals surface area contributed by atoms with E-state index in [1.54, 1.807) is 12.5 Å². The van der Waals surface area contributed by atoms with Gasteiger partial charge in [-0.3, -0.25) is 14.6 Å². The van der Waals surface area contributed by atoms with Gasteiger partial charge in [0.15, 0.2) is 6.23 Å². The van der Waals surface area contributed by atoms with Gasteiger partial charge in [-0.25, -0.2) is 0 Å². The number of allylic oxidation sites excluding steroid dienone is 1. The van der Waals surface area contributed by atoms with Crippen LogP contribution in [0.4, 0.5) is 0 Å². The molecule has 7 heteroatoms. The van der Waals surface area contributed by atoms with Gasteiger partial charge in [0.25, 0.3) is 0 Å². The number of carbonyl (C=O) groups is 2. The highest BCUT2D eigenvalue weighted by atomic mass is 16.5. The highest BCUT2D eigenvalue weighted by Gasteiger charge is 2.06. The molecule has 0 radical (unpaired) electrons. The summed E-state index contributed by atoms with van der Waals surface area (Å²) in [5.74, 6) is -0.554. The van der Waals surface area contributed by atoms with Crippen LogP contribution < -0.4 is 11.1 Å². The zero-order chi connectivity index (χ0) is 15.4. The highest BCUT2D eigenvalue weighted by Crippen LogP contribution is 2.03. The Morgan fingerprint density at radius 1 is 1.55 bits per heavy atom. The van der Waals surface area contributed by atoms with E-state index in [2.05, 4.69) is 10.3 Å². The van der Waals surface area contributed by atoms with Gasteiger partial charge < -0.3 is 20.7 Å². The third-order valence-corrected chi connectivity index (χ3v) is 2.30. The van der Waals surface area contributed by atoms with E-state index in [0.717, 1.165) is 18.5 Å². The van der Waals surface area contributed by atoms with E-state index < -0.39 is 5.91 Å². The van der Waals surface area contributed by atoms with Crippen LogP contribution in [0, 0.1) is 0 Å². The van der Waals surface area contributed by atoms with Gasteiger partial charge in [0.05, 0.1) is 6.67 Å². The molecule has 3 N–H and O–H groups in total. The molecule has 0 aliphatic rings. The maximum Gasteiger partial charge on any atom is 0.237 e. The fourth-order valence-electron chi connectivity index (χ4n) is 1.42. The van der Waals surface area contributed by atoms with E-state index >= 15 is 0 Å². The van der Waals surface area contributed by atoms with Gasteiger partial charge >= 0.3 is 0 Å². The topological polar surface area (TPSA) is 97.0 Å². The van der Waals surface area contributed by atoms with Crippen LogP contribution in [0.5, 0.6) is 0 Å². The Hall–Kier alpha value is -2.05. The molecule has 0 rings (SSSR count). The number of nitrogens with two attached hydrogens (primary N) is 1. The van der Waals surface area contributed by atoms with Crippen molar-refractivity contribution in [2.45, 2.75) is 39.8 Å². The summed E-state index contributed by atoms with van der Waals surface area (Å²) >= 11 is 0.